The SMILES string of the molecule is CC(C)C1=C(C(C)C)C(=O)CC1.CC(C)C1=C(C(C)C)C(O)CC1.CC(C)C1=C(C(C)C)C(O)CC1.CCC.CCC.CCC.CCC.CCC.CCC. The third-order valence-electron chi connectivity index (χ3n) is 8.01. The van der Waals surface area contributed by atoms with Gasteiger partial charge in [0, 0.05) is 6.42 Å². The van der Waals surface area contributed by atoms with E-state index in [2.05, 4.69) is 166 Å². The second-order valence-corrected chi connectivity index (χ2v) is 17.1. The lowest BCUT2D eigenvalue weighted by Crippen LogP contribution is -2.11. The predicted octanol–water partition coefficient (Wildman–Crippen LogP) is 17.0. The van der Waals surface area contributed by atoms with Gasteiger partial charge in [0.15, 0.2) is 5.78 Å². The van der Waals surface area contributed by atoms with Crippen molar-refractivity contribution in [3.05, 3.63) is 33.4 Å². The summed E-state index contributed by atoms with van der Waals surface area (Å²) in [4.78, 5) is 11.5. The van der Waals surface area contributed by atoms with Crippen LogP contribution in [0.3, 0.4) is 0 Å². The van der Waals surface area contributed by atoms with Gasteiger partial charge in [-0.15, -0.1) is 0 Å². The van der Waals surface area contributed by atoms with Crippen LogP contribution in [0.2, 0.25) is 0 Å². The smallest absolute Gasteiger partial charge is 0.159 e. The molecule has 3 aliphatic rings. The maximum atomic E-state index is 11.5. The Kier molecular flexibility index (Phi) is 51.4. The first-order valence-corrected chi connectivity index (χ1v) is 23.2. The van der Waals surface area contributed by atoms with E-state index in [4.69, 9.17) is 0 Å². The van der Waals surface area contributed by atoms with E-state index in [0.29, 0.717) is 41.3 Å². The first kappa shape index (κ1) is 64.7. The predicted molar refractivity (Wildman–Crippen MR) is 251 cm³/mol. The van der Waals surface area contributed by atoms with Gasteiger partial charge in [-0.2, -0.15) is 0 Å². The summed E-state index contributed by atoms with van der Waals surface area (Å²) < 4.78 is 0. The molecule has 0 aromatic carbocycles. The summed E-state index contributed by atoms with van der Waals surface area (Å²) in [5, 5.41) is 19.4. The van der Waals surface area contributed by atoms with Crippen molar-refractivity contribution < 1.29 is 15.0 Å². The Labute approximate surface area is 344 Å². The van der Waals surface area contributed by atoms with Crippen molar-refractivity contribution in [1.29, 1.82) is 0 Å². The van der Waals surface area contributed by atoms with Crippen molar-refractivity contribution in [2.45, 2.75) is 255 Å². The highest BCUT2D eigenvalue weighted by Gasteiger charge is 2.28. The molecular formula is C51H106O3. The molecule has 3 rings (SSSR count). The Bertz CT molecular complexity index is 843. The average Bonchev–Trinajstić information content (AvgIpc) is 3.76. The molecule has 3 nitrogen and oxygen atoms in total. The van der Waals surface area contributed by atoms with E-state index >= 15 is 0 Å². The van der Waals surface area contributed by atoms with Crippen molar-refractivity contribution in [3.8, 4) is 0 Å². The number of carbonyl (C=O) groups is 1. The van der Waals surface area contributed by atoms with E-state index in [0.717, 1.165) is 44.1 Å². The molecule has 0 aromatic heterocycles. The molecule has 2 N–H and O–H groups in total. The lowest BCUT2D eigenvalue weighted by molar-refractivity contribution is -0.115. The average molecular weight is 767 g/mol. The zero-order valence-corrected chi connectivity index (χ0v) is 41.9. The Balaban J connectivity index is -0.000000131. The summed E-state index contributed by atoms with van der Waals surface area (Å²) in [5.41, 5.74) is 8.13. The van der Waals surface area contributed by atoms with Crippen LogP contribution in [0, 0.1) is 35.5 Å². The lowest BCUT2D eigenvalue weighted by Gasteiger charge is -2.16. The van der Waals surface area contributed by atoms with Crippen LogP contribution < -0.4 is 0 Å². The molecule has 328 valence electrons. The van der Waals surface area contributed by atoms with E-state index < -0.39 is 0 Å². The molecule has 2 atom stereocenters. The lowest BCUT2D eigenvalue weighted by atomic mass is 9.92. The minimum atomic E-state index is -0.151. The monoisotopic (exact) mass is 767 g/mol. The molecule has 0 aromatic rings. The van der Waals surface area contributed by atoms with Gasteiger partial charge in [0.05, 0.1) is 12.2 Å². The van der Waals surface area contributed by atoms with Gasteiger partial charge < -0.3 is 10.2 Å². The van der Waals surface area contributed by atoms with E-state index in [1.54, 1.807) is 0 Å². The highest BCUT2D eigenvalue weighted by molar-refractivity contribution is 5.99. The number of ketones is 1. The van der Waals surface area contributed by atoms with Crippen LogP contribution in [0.25, 0.3) is 0 Å². The molecule has 0 saturated heterocycles. The van der Waals surface area contributed by atoms with Crippen molar-refractivity contribution in [3.63, 3.8) is 0 Å². The van der Waals surface area contributed by atoms with Crippen molar-refractivity contribution in [2.24, 2.45) is 35.5 Å². The van der Waals surface area contributed by atoms with Crippen molar-refractivity contribution in [1.82, 2.24) is 0 Å². The van der Waals surface area contributed by atoms with Crippen LogP contribution in [0.4, 0.5) is 0 Å². The van der Waals surface area contributed by atoms with Gasteiger partial charge in [-0.3, -0.25) is 4.79 Å². The van der Waals surface area contributed by atoms with Gasteiger partial charge >= 0.3 is 0 Å². The van der Waals surface area contributed by atoms with Crippen molar-refractivity contribution in [2.75, 3.05) is 0 Å². The number of Topliss-reactive ketones (excluding diaryl/α,β-unsaturated/α-hetero) is 1. The normalized spacial score (nSPS) is 17.1. The van der Waals surface area contributed by atoms with Crippen LogP contribution in [0.5, 0.6) is 0 Å². The highest BCUT2D eigenvalue weighted by atomic mass is 16.3. The number of hydrogen-bond donors (Lipinski definition) is 2. The summed E-state index contributed by atoms with van der Waals surface area (Å²) in [6.07, 6.45) is 13.1. The molecular weight excluding hydrogens is 661 g/mol. The summed E-state index contributed by atoms with van der Waals surface area (Å²) in [6, 6.07) is 0. The molecule has 0 saturated carbocycles. The van der Waals surface area contributed by atoms with Gasteiger partial charge in [-0.05, 0) is 84.3 Å². The molecule has 0 aliphatic heterocycles. The fourth-order valence-electron chi connectivity index (χ4n) is 6.36. The maximum absolute atomic E-state index is 11.5. The van der Waals surface area contributed by atoms with Gasteiger partial charge in [-0.1, -0.05) is 221 Å². The van der Waals surface area contributed by atoms with Gasteiger partial charge in [0.2, 0.25) is 0 Å². The summed E-state index contributed by atoms with van der Waals surface area (Å²) in [7, 11) is 0. The second kappa shape index (κ2) is 42.9. The fourth-order valence-corrected chi connectivity index (χ4v) is 6.36. The molecule has 0 radical (unpaired) electrons. The zero-order valence-electron chi connectivity index (χ0n) is 41.9. The van der Waals surface area contributed by atoms with E-state index in [9.17, 15) is 15.0 Å². The third-order valence-corrected chi connectivity index (χ3v) is 8.01. The standard InChI is InChI=1S/2C11H20O.C11H18O.6C3H8/c3*1-7(2)9-5-6-10(12)11(9)8(3)4;6*1-3-2/h2*7-8,10,12H,5-6H2,1-4H3;7-8H,5-6H2,1-4H3;6*3H2,1-2H3. The minimum absolute atomic E-state index is 0.151. The minimum Gasteiger partial charge on any atom is -0.389 e. The second-order valence-electron chi connectivity index (χ2n) is 17.1. The zero-order chi connectivity index (χ0) is 44.1. The Morgan fingerprint density at radius 3 is 0.778 bits per heavy atom. The van der Waals surface area contributed by atoms with E-state index in [1.165, 1.54) is 66.4 Å². The quantitative estimate of drug-likeness (QED) is 0.265. The first-order chi connectivity index (χ1) is 25.1. The molecule has 0 heterocycles. The number of aliphatic hydroxyl groups excluding tert-OH is 2. The molecule has 3 aliphatic carbocycles. The van der Waals surface area contributed by atoms with Crippen LogP contribution in [-0.4, -0.2) is 28.2 Å². The number of rotatable bonds is 6. The fraction of sp³-hybridized carbons (Fsp3) is 0.863. The van der Waals surface area contributed by atoms with Crippen LogP contribution in [0.15, 0.2) is 33.4 Å². The number of hydrogen-bond acceptors (Lipinski definition) is 3. The van der Waals surface area contributed by atoms with Crippen LogP contribution >= 0.6 is 0 Å². The maximum Gasteiger partial charge on any atom is 0.159 e. The summed E-state index contributed by atoms with van der Waals surface area (Å²) in [5.74, 6) is 3.60. The van der Waals surface area contributed by atoms with E-state index in [-0.39, 0.29) is 12.2 Å². The number of allylic oxidation sites excluding steroid dienone is 4. The van der Waals surface area contributed by atoms with E-state index in [1.807, 2.05) is 0 Å². The van der Waals surface area contributed by atoms with Gasteiger partial charge in [-0.25, -0.2) is 0 Å². The van der Waals surface area contributed by atoms with Crippen LogP contribution in [0.1, 0.15) is 243 Å². The van der Waals surface area contributed by atoms with Crippen molar-refractivity contribution >= 4 is 5.78 Å². The van der Waals surface area contributed by atoms with Crippen LogP contribution in [-0.2, 0) is 4.79 Å². The topological polar surface area (TPSA) is 57.5 Å². The molecule has 0 amide bonds. The summed E-state index contributed by atoms with van der Waals surface area (Å²) >= 11 is 0. The molecule has 2 unspecified atom stereocenters. The Morgan fingerprint density at radius 1 is 0.389 bits per heavy atom. The first-order valence-electron chi connectivity index (χ1n) is 23.2. The third kappa shape index (κ3) is 33.0. The van der Waals surface area contributed by atoms with Gasteiger partial charge in [0.1, 0.15) is 0 Å². The number of carbonyl (C=O) groups excluding carboxylic acids is 1. The number of aliphatic hydroxyl groups is 2. The molecule has 0 bridgehead atoms. The largest absolute Gasteiger partial charge is 0.389 e. The Hall–Kier alpha value is -1.19. The molecule has 54 heavy (non-hydrogen) atoms. The Morgan fingerprint density at radius 2 is 0.630 bits per heavy atom. The summed E-state index contributed by atoms with van der Waals surface area (Å²) in [6.45, 7) is 51.6. The highest BCUT2D eigenvalue weighted by Crippen LogP contribution is 2.37. The van der Waals surface area contributed by atoms with Gasteiger partial charge in [0.25, 0.3) is 0 Å². The molecule has 0 spiro atoms. The molecule has 0 fully saturated rings. The molecule has 3 heteroatoms.